The molecule has 0 spiro atoms. The zero-order chi connectivity index (χ0) is 23.0. The number of carbonyl (C=O) groups is 3. The van der Waals surface area contributed by atoms with Gasteiger partial charge in [0.2, 0.25) is 5.91 Å². The highest BCUT2D eigenvalue weighted by Crippen LogP contribution is 2.36. The molecule has 31 heavy (non-hydrogen) atoms. The number of thiophene rings is 1. The molecule has 0 saturated carbocycles. The van der Waals surface area contributed by atoms with Crippen LogP contribution in [0, 0.1) is 0 Å². The molecule has 2 aromatic rings. The third-order valence-electron chi connectivity index (χ3n) is 5.42. The van der Waals surface area contributed by atoms with E-state index >= 15 is 0 Å². The van der Waals surface area contributed by atoms with E-state index in [0.717, 1.165) is 16.2 Å². The minimum Gasteiger partial charge on any atom is -0.465 e. The van der Waals surface area contributed by atoms with E-state index in [2.05, 4.69) is 4.74 Å². The van der Waals surface area contributed by atoms with Gasteiger partial charge in [0.15, 0.2) is 0 Å². The summed E-state index contributed by atoms with van der Waals surface area (Å²) in [6.07, 6.45) is 0.190. The second-order valence-corrected chi connectivity index (χ2v) is 10.7. The Morgan fingerprint density at radius 2 is 1.87 bits per heavy atom. The van der Waals surface area contributed by atoms with Gasteiger partial charge in [-0.1, -0.05) is 13.0 Å². The molecule has 0 N–H and O–H groups in total. The van der Waals surface area contributed by atoms with E-state index in [0.29, 0.717) is 6.42 Å². The summed E-state index contributed by atoms with van der Waals surface area (Å²) >= 11 is 1.07. The standard InChI is InChI=1S/C21H24N2O6S2/c1-5-21(2,3)23(31(27,28)18-7-6-12-30-18)16-13-17(24)22(19(16)25)15-10-8-14(9-11-15)20(26)29-4/h6-12,16H,5,13H2,1-4H3. The molecule has 1 aromatic heterocycles. The largest absolute Gasteiger partial charge is 0.465 e. The Kier molecular flexibility index (Phi) is 6.35. The van der Waals surface area contributed by atoms with Crippen LogP contribution in [0.15, 0.2) is 46.0 Å². The summed E-state index contributed by atoms with van der Waals surface area (Å²) in [6.45, 7) is 5.31. The van der Waals surface area contributed by atoms with Crippen molar-refractivity contribution in [1.29, 1.82) is 0 Å². The first-order valence-electron chi connectivity index (χ1n) is 9.68. The first-order chi connectivity index (χ1) is 14.5. The topological polar surface area (TPSA) is 101 Å². The number of amides is 2. The highest BCUT2D eigenvalue weighted by Gasteiger charge is 2.51. The Morgan fingerprint density at radius 3 is 2.39 bits per heavy atom. The Morgan fingerprint density at radius 1 is 1.23 bits per heavy atom. The number of benzene rings is 1. The van der Waals surface area contributed by atoms with Gasteiger partial charge in [0.25, 0.3) is 15.9 Å². The zero-order valence-electron chi connectivity index (χ0n) is 17.7. The molecule has 8 nitrogen and oxygen atoms in total. The molecule has 2 amide bonds. The minimum absolute atomic E-state index is 0.121. The fraction of sp³-hybridized carbons (Fsp3) is 0.381. The van der Waals surface area contributed by atoms with Gasteiger partial charge in [-0.3, -0.25) is 9.59 Å². The number of rotatable bonds is 7. The van der Waals surface area contributed by atoms with Crippen LogP contribution in [0.4, 0.5) is 5.69 Å². The van der Waals surface area contributed by atoms with Crippen molar-refractivity contribution in [2.24, 2.45) is 0 Å². The van der Waals surface area contributed by atoms with Gasteiger partial charge in [0.1, 0.15) is 10.3 Å². The van der Waals surface area contributed by atoms with Crippen LogP contribution in [-0.2, 0) is 24.3 Å². The molecule has 1 aromatic carbocycles. The van der Waals surface area contributed by atoms with Crippen molar-refractivity contribution in [3.63, 3.8) is 0 Å². The molecule has 3 rings (SSSR count). The van der Waals surface area contributed by atoms with E-state index in [1.807, 2.05) is 6.92 Å². The number of ether oxygens (including phenoxy) is 1. The Hall–Kier alpha value is -2.56. The van der Waals surface area contributed by atoms with E-state index in [4.69, 9.17) is 0 Å². The normalized spacial score (nSPS) is 17.5. The van der Waals surface area contributed by atoms with E-state index in [1.165, 1.54) is 41.7 Å². The van der Waals surface area contributed by atoms with E-state index in [1.54, 1.807) is 25.3 Å². The second kappa shape index (κ2) is 8.52. The molecule has 1 aliphatic rings. The van der Waals surface area contributed by atoms with Crippen LogP contribution < -0.4 is 4.90 Å². The van der Waals surface area contributed by atoms with Crippen molar-refractivity contribution in [3.05, 3.63) is 47.3 Å². The average molecular weight is 465 g/mol. The number of hydrogen-bond donors (Lipinski definition) is 0. The summed E-state index contributed by atoms with van der Waals surface area (Å²) in [6, 6.07) is 7.79. The van der Waals surface area contributed by atoms with Crippen LogP contribution in [0.5, 0.6) is 0 Å². The number of anilines is 1. The lowest BCUT2D eigenvalue weighted by molar-refractivity contribution is -0.122. The number of esters is 1. The zero-order valence-corrected chi connectivity index (χ0v) is 19.3. The van der Waals surface area contributed by atoms with Crippen molar-refractivity contribution in [2.45, 2.75) is 49.4 Å². The minimum atomic E-state index is -4.00. The van der Waals surface area contributed by atoms with Gasteiger partial charge in [0, 0.05) is 5.54 Å². The van der Waals surface area contributed by atoms with Crippen molar-refractivity contribution < 1.29 is 27.5 Å². The van der Waals surface area contributed by atoms with Crippen molar-refractivity contribution in [1.82, 2.24) is 4.31 Å². The lowest BCUT2D eigenvalue weighted by Crippen LogP contribution is -2.55. The van der Waals surface area contributed by atoms with Crippen molar-refractivity contribution in [2.75, 3.05) is 12.0 Å². The third-order valence-corrected chi connectivity index (χ3v) is 8.92. The molecule has 1 unspecified atom stereocenters. The van der Waals surface area contributed by atoms with Crippen LogP contribution in [0.25, 0.3) is 0 Å². The number of carbonyl (C=O) groups excluding carboxylic acids is 3. The number of methoxy groups -OCH3 is 1. The lowest BCUT2D eigenvalue weighted by atomic mass is 10.00. The van der Waals surface area contributed by atoms with Crippen molar-refractivity contribution in [3.8, 4) is 0 Å². The molecule has 10 heteroatoms. The summed E-state index contributed by atoms with van der Waals surface area (Å²) in [7, 11) is -2.75. The summed E-state index contributed by atoms with van der Waals surface area (Å²) < 4.78 is 32.8. The van der Waals surface area contributed by atoms with E-state index < -0.39 is 39.4 Å². The van der Waals surface area contributed by atoms with Gasteiger partial charge >= 0.3 is 5.97 Å². The molecule has 0 radical (unpaired) electrons. The molecular formula is C21H24N2O6S2. The number of hydrogen-bond acceptors (Lipinski definition) is 7. The molecule has 1 saturated heterocycles. The molecular weight excluding hydrogens is 440 g/mol. The smallest absolute Gasteiger partial charge is 0.337 e. The first-order valence-corrected chi connectivity index (χ1v) is 12.0. The second-order valence-electron chi connectivity index (χ2n) is 7.72. The predicted octanol–water partition coefficient (Wildman–Crippen LogP) is 3.05. The summed E-state index contributed by atoms with van der Waals surface area (Å²) in [5.74, 6) is -1.65. The van der Waals surface area contributed by atoms with E-state index in [9.17, 15) is 22.8 Å². The van der Waals surface area contributed by atoms with Gasteiger partial charge in [-0.2, -0.15) is 4.31 Å². The Labute approximate surface area is 185 Å². The van der Waals surface area contributed by atoms with Gasteiger partial charge in [-0.05, 0) is 56.0 Å². The maximum absolute atomic E-state index is 13.4. The molecule has 0 aliphatic carbocycles. The maximum atomic E-state index is 13.4. The number of sulfonamides is 1. The molecule has 1 fully saturated rings. The number of imide groups is 1. The monoisotopic (exact) mass is 464 g/mol. The molecule has 1 aliphatic heterocycles. The lowest BCUT2D eigenvalue weighted by Gasteiger charge is -2.39. The van der Waals surface area contributed by atoms with Crippen LogP contribution >= 0.6 is 11.3 Å². The Bertz CT molecular complexity index is 1090. The summed E-state index contributed by atoms with van der Waals surface area (Å²) in [5.41, 5.74) is -0.349. The van der Waals surface area contributed by atoms with Crippen LogP contribution in [-0.4, -0.2) is 49.2 Å². The third kappa shape index (κ3) is 4.15. The molecule has 2 heterocycles. The first kappa shape index (κ1) is 23.1. The molecule has 166 valence electrons. The Balaban J connectivity index is 2.00. The fourth-order valence-electron chi connectivity index (χ4n) is 3.51. The summed E-state index contributed by atoms with van der Waals surface area (Å²) in [5, 5.41) is 1.65. The quantitative estimate of drug-likeness (QED) is 0.461. The van der Waals surface area contributed by atoms with Crippen LogP contribution in [0.1, 0.15) is 44.0 Å². The SMILES string of the molecule is CCC(C)(C)N(C1CC(=O)N(c2ccc(C(=O)OC)cc2)C1=O)S(=O)(=O)c1cccs1. The van der Waals surface area contributed by atoms with Crippen LogP contribution in [0.3, 0.4) is 0 Å². The van der Waals surface area contributed by atoms with Gasteiger partial charge in [-0.25, -0.2) is 18.1 Å². The predicted molar refractivity (Wildman–Crippen MR) is 116 cm³/mol. The molecule has 0 bridgehead atoms. The van der Waals surface area contributed by atoms with Gasteiger partial charge in [-0.15, -0.1) is 11.3 Å². The maximum Gasteiger partial charge on any atom is 0.337 e. The van der Waals surface area contributed by atoms with Gasteiger partial charge < -0.3 is 4.74 Å². The summed E-state index contributed by atoms with van der Waals surface area (Å²) in [4.78, 5) is 38.7. The van der Waals surface area contributed by atoms with E-state index in [-0.39, 0.29) is 21.9 Å². The number of nitrogens with zero attached hydrogens (tertiary/aromatic N) is 2. The highest BCUT2D eigenvalue weighted by atomic mass is 32.2. The molecule has 1 atom stereocenters. The fourth-order valence-corrected chi connectivity index (χ4v) is 6.58. The van der Waals surface area contributed by atoms with Crippen LogP contribution in [0.2, 0.25) is 0 Å². The van der Waals surface area contributed by atoms with Gasteiger partial charge in [0.05, 0.1) is 24.8 Å². The average Bonchev–Trinajstić information content (AvgIpc) is 3.37. The van der Waals surface area contributed by atoms with Crippen molar-refractivity contribution >= 4 is 44.8 Å². The highest BCUT2D eigenvalue weighted by molar-refractivity contribution is 7.91.